The lowest BCUT2D eigenvalue weighted by atomic mass is 9.97. The number of phenols is 7. The molecule has 2 fully saturated rings. The van der Waals surface area contributed by atoms with Crippen molar-refractivity contribution in [3.8, 4) is 57.5 Å². The first-order chi connectivity index (χ1) is 30.8. The van der Waals surface area contributed by atoms with Crippen molar-refractivity contribution >= 4 is 11.6 Å². The first-order valence-electron chi connectivity index (χ1n) is 20.0. The van der Waals surface area contributed by atoms with Gasteiger partial charge in [0.1, 0.15) is 82.2 Å². The Kier molecular flexibility index (Phi) is 16.6. The van der Waals surface area contributed by atoms with Crippen molar-refractivity contribution in [1.29, 1.82) is 0 Å². The fourth-order valence-corrected chi connectivity index (χ4v) is 7.08. The van der Waals surface area contributed by atoms with Crippen LogP contribution in [-0.4, -0.2) is 160 Å². The molecule has 0 unspecified atom stereocenters. The van der Waals surface area contributed by atoms with E-state index in [9.17, 15) is 76.0 Å². The average Bonchev–Trinajstić information content (AvgIpc) is 3.25. The number of carbonyl (C=O) groups is 2. The molecule has 0 amide bonds. The van der Waals surface area contributed by atoms with E-state index >= 15 is 0 Å². The fraction of sp³-hybridized carbons (Fsp3) is 0.409. The van der Waals surface area contributed by atoms with Crippen LogP contribution in [0, 0.1) is 0 Å². The molecule has 4 aromatic rings. The summed E-state index contributed by atoms with van der Waals surface area (Å²) < 4.78 is 32.2. The Hall–Kier alpha value is -6.14. The van der Waals surface area contributed by atoms with Gasteiger partial charge in [-0.15, -0.1) is 0 Å². The Morgan fingerprint density at radius 1 is 0.569 bits per heavy atom. The molecule has 0 aliphatic carbocycles. The number of methoxy groups -OCH3 is 2. The number of carbonyl (C=O) groups excluding carboxylic acids is 2. The molecular formula is C44H52O21. The number of rotatable bonds is 15. The second kappa shape index (κ2) is 21.7. The van der Waals surface area contributed by atoms with Gasteiger partial charge in [-0.1, -0.05) is 12.1 Å². The molecular weight excluding hydrogens is 864 g/mol. The van der Waals surface area contributed by atoms with Crippen molar-refractivity contribution in [3.63, 3.8) is 0 Å². The van der Waals surface area contributed by atoms with Gasteiger partial charge in [-0.25, -0.2) is 0 Å². The largest absolute Gasteiger partial charge is 0.508 e. The summed E-state index contributed by atoms with van der Waals surface area (Å²) in [5.41, 5.74) is 0.695. The number of Topliss-reactive ketones (excluding diaryl/α,β-unsaturated/α-hetero) is 2. The SMILES string of the molecule is COc1ccc(CCC(=O)c2c(O)cc(O)cc2O)cc1O.COc1ccc(CCC(=O)c2c(O)cc(O[C@@H]3O[C@H](CO)[C@@H](O)[C@H](O)[C@H]3O[C@@H]3O[C@@H](C)[C@H](O)[C@@H](O)[C@H]3O)cc2O)cc1O. The number of hydrogen-bond donors (Lipinski definition) is 13. The molecule has 0 saturated carbocycles. The number of aliphatic hydroxyl groups is 6. The van der Waals surface area contributed by atoms with Gasteiger partial charge < -0.3 is 94.8 Å². The third-order valence-corrected chi connectivity index (χ3v) is 10.7. The molecule has 13 N–H and O–H groups in total. The van der Waals surface area contributed by atoms with E-state index in [4.69, 9.17) is 28.4 Å². The second-order valence-corrected chi connectivity index (χ2v) is 15.2. The first kappa shape index (κ1) is 49.9. The van der Waals surface area contributed by atoms with Gasteiger partial charge in [0, 0.05) is 37.1 Å². The average molecular weight is 917 g/mol. The molecule has 0 aromatic heterocycles. The van der Waals surface area contributed by atoms with Crippen molar-refractivity contribution in [2.45, 2.75) is 94.0 Å². The van der Waals surface area contributed by atoms with Gasteiger partial charge in [0.05, 0.1) is 26.9 Å². The Morgan fingerprint density at radius 3 is 1.49 bits per heavy atom. The summed E-state index contributed by atoms with van der Waals surface area (Å²) in [6, 6.07) is 13.4. The van der Waals surface area contributed by atoms with Gasteiger partial charge in [-0.3, -0.25) is 9.59 Å². The fourth-order valence-electron chi connectivity index (χ4n) is 7.08. The standard InChI is InChI=1S/C28H36O15.C16H16O6/c1-11-21(34)23(36)25(38)27(40-11)43-26-24(37)22(35)19(10-29)42-28(26)41-13-8-16(32)20(17(33)9-13)14(30)5-3-12-4-6-18(39-2)15(31)7-12;1-22-15-5-3-9(6-12(15)19)2-4-11(18)16-13(20)7-10(17)8-14(16)21/h4,6-9,11,19,21-29,31-38H,3,5,10H2,1-2H3;3,5-8,17,19-21H,2,4H2,1H3/t11-,19+,21-,22+,23+,24-,25+,26+,27-,28+;/m0./s1. The van der Waals surface area contributed by atoms with Crippen molar-refractivity contribution in [3.05, 3.63) is 82.9 Å². The summed E-state index contributed by atoms with van der Waals surface area (Å²) in [6.45, 7) is 0.662. The van der Waals surface area contributed by atoms with E-state index in [0.29, 0.717) is 23.3 Å². The van der Waals surface area contributed by atoms with Crippen molar-refractivity contribution in [2.24, 2.45) is 0 Å². The molecule has 6 rings (SSSR count). The molecule has 0 spiro atoms. The van der Waals surface area contributed by atoms with Crippen LogP contribution in [-0.2, 0) is 27.1 Å². The molecule has 2 saturated heterocycles. The molecule has 354 valence electrons. The van der Waals surface area contributed by atoms with Crippen molar-refractivity contribution < 1.29 is 104 Å². The first-order valence-corrected chi connectivity index (χ1v) is 20.0. The van der Waals surface area contributed by atoms with Crippen LogP contribution >= 0.6 is 0 Å². The van der Waals surface area contributed by atoms with Crippen LogP contribution in [0.5, 0.6) is 57.5 Å². The molecule has 2 heterocycles. The molecule has 4 aromatic carbocycles. The van der Waals surface area contributed by atoms with E-state index in [-0.39, 0.29) is 53.6 Å². The van der Waals surface area contributed by atoms with Gasteiger partial charge >= 0.3 is 0 Å². The normalized spacial score (nSPS) is 25.2. The molecule has 2 aliphatic rings. The molecule has 21 nitrogen and oxygen atoms in total. The Balaban J connectivity index is 0.000000302. The van der Waals surface area contributed by atoms with Crippen LogP contribution in [0.3, 0.4) is 0 Å². The number of aromatic hydroxyl groups is 7. The number of phenolic OH excluding ortho intramolecular Hbond substituents is 7. The summed E-state index contributed by atoms with van der Waals surface area (Å²) in [4.78, 5) is 24.9. The van der Waals surface area contributed by atoms with Gasteiger partial charge in [0.15, 0.2) is 47.0 Å². The zero-order valence-electron chi connectivity index (χ0n) is 35.2. The maximum Gasteiger partial charge on any atom is 0.229 e. The van der Waals surface area contributed by atoms with E-state index in [1.54, 1.807) is 18.2 Å². The Labute approximate surface area is 370 Å². The lowest BCUT2D eigenvalue weighted by Gasteiger charge is -2.45. The van der Waals surface area contributed by atoms with Crippen molar-refractivity contribution in [2.75, 3.05) is 20.8 Å². The number of ether oxygens (including phenoxy) is 6. The van der Waals surface area contributed by atoms with Crippen molar-refractivity contribution in [1.82, 2.24) is 0 Å². The van der Waals surface area contributed by atoms with E-state index in [0.717, 1.165) is 24.3 Å². The molecule has 0 radical (unpaired) electrons. The van der Waals surface area contributed by atoms with E-state index in [1.807, 2.05) is 0 Å². The molecule has 10 atom stereocenters. The highest BCUT2D eigenvalue weighted by molar-refractivity contribution is 6.02. The lowest BCUT2D eigenvalue weighted by molar-refractivity contribution is -0.354. The van der Waals surface area contributed by atoms with Crippen LogP contribution in [0.4, 0.5) is 0 Å². The number of aryl methyl sites for hydroxylation is 2. The van der Waals surface area contributed by atoms with Crippen LogP contribution < -0.4 is 14.2 Å². The summed E-state index contributed by atoms with van der Waals surface area (Å²) in [5.74, 6) is -3.46. The molecule has 0 bridgehead atoms. The number of benzene rings is 4. The number of ketones is 2. The number of aliphatic hydroxyl groups excluding tert-OH is 6. The zero-order chi connectivity index (χ0) is 47.9. The summed E-state index contributed by atoms with van der Waals surface area (Å²) in [7, 11) is 2.84. The monoisotopic (exact) mass is 916 g/mol. The predicted octanol–water partition coefficient (Wildman–Crippen LogP) is 0.991. The second-order valence-electron chi connectivity index (χ2n) is 15.2. The summed E-state index contributed by atoms with van der Waals surface area (Å²) in [6.07, 6.45) is -15.2. The highest BCUT2D eigenvalue weighted by Crippen LogP contribution is 2.38. The maximum atomic E-state index is 12.9. The van der Waals surface area contributed by atoms with Crippen LogP contribution in [0.1, 0.15) is 51.6 Å². The minimum atomic E-state index is -1.79. The molecule has 65 heavy (non-hydrogen) atoms. The van der Waals surface area contributed by atoms with Crippen LogP contribution in [0.2, 0.25) is 0 Å². The highest BCUT2D eigenvalue weighted by atomic mass is 16.8. The maximum absolute atomic E-state index is 12.9. The molecule has 21 heteroatoms. The minimum Gasteiger partial charge on any atom is -0.508 e. The third kappa shape index (κ3) is 11.8. The number of hydrogen-bond acceptors (Lipinski definition) is 21. The van der Waals surface area contributed by atoms with Gasteiger partial charge in [0.25, 0.3) is 0 Å². The topological polar surface area (TPSA) is 353 Å². The Bertz CT molecular complexity index is 2240. The summed E-state index contributed by atoms with van der Waals surface area (Å²) >= 11 is 0. The van der Waals surface area contributed by atoms with E-state index in [2.05, 4.69) is 0 Å². The van der Waals surface area contributed by atoms with Crippen LogP contribution in [0.15, 0.2) is 60.7 Å². The smallest absolute Gasteiger partial charge is 0.229 e. The van der Waals surface area contributed by atoms with Gasteiger partial charge in [-0.05, 0) is 55.2 Å². The van der Waals surface area contributed by atoms with Crippen LogP contribution in [0.25, 0.3) is 0 Å². The molecule has 2 aliphatic heterocycles. The van der Waals surface area contributed by atoms with E-state index in [1.165, 1.54) is 39.3 Å². The lowest BCUT2D eigenvalue weighted by Crippen LogP contribution is -2.64. The zero-order valence-corrected chi connectivity index (χ0v) is 35.2. The summed E-state index contributed by atoms with van der Waals surface area (Å²) in [5, 5.41) is 130. The van der Waals surface area contributed by atoms with E-state index < -0.39 is 108 Å². The predicted molar refractivity (Wildman–Crippen MR) is 221 cm³/mol. The highest BCUT2D eigenvalue weighted by Gasteiger charge is 2.51. The third-order valence-electron chi connectivity index (χ3n) is 10.7. The van der Waals surface area contributed by atoms with Gasteiger partial charge in [-0.2, -0.15) is 0 Å². The van der Waals surface area contributed by atoms with Gasteiger partial charge in [0.2, 0.25) is 6.29 Å². The quantitative estimate of drug-likeness (QED) is 0.0740. The minimum absolute atomic E-state index is 0.0252. The Morgan fingerprint density at radius 2 is 1.05 bits per heavy atom.